The predicted octanol–water partition coefficient (Wildman–Crippen LogP) is 2.03. The number of ether oxygens (including phenoxy) is 2. The molecule has 0 aromatic heterocycles. The monoisotopic (exact) mass is 294 g/mol. The Bertz CT molecular complexity index is 542. The van der Waals surface area contributed by atoms with Gasteiger partial charge in [0.2, 0.25) is 0 Å². The summed E-state index contributed by atoms with van der Waals surface area (Å²) in [6.45, 7) is 3.89. The Morgan fingerprint density at radius 2 is 2.00 bits per heavy atom. The third kappa shape index (κ3) is 3.40. The van der Waals surface area contributed by atoms with Crippen molar-refractivity contribution in [3.63, 3.8) is 0 Å². The zero-order valence-electron chi connectivity index (χ0n) is 11.8. The van der Waals surface area contributed by atoms with E-state index in [9.17, 15) is 9.59 Å². The maximum Gasteiger partial charge on any atom is 0.336 e. The molecule has 6 nitrogen and oxygen atoms in total. The molecule has 114 valence electrons. The van der Waals surface area contributed by atoms with E-state index in [4.69, 9.17) is 19.7 Å². The van der Waals surface area contributed by atoms with Crippen LogP contribution in [0.25, 0.3) is 0 Å². The van der Waals surface area contributed by atoms with Crippen molar-refractivity contribution in [2.24, 2.45) is 5.41 Å². The summed E-state index contributed by atoms with van der Waals surface area (Å²) in [5.41, 5.74) is 0.494. The van der Waals surface area contributed by atoms with Crippen LogP contribution >= 0.6 is 0 Å². The zero-order valence-corrected chi connectivity index (χ0v) is 11.8. The third-order valence-corrected chi connectivity index (χ3v) is 3.81. The molecule has 1 aliphatic heterocycles. The molecule has 0 spiro atoms. The van der Waals surface area contributed by atoms with Gasteiger partial charge in [0.15, 0.2) is 0 Å². The molecule has 0 aliphatic carbocycles. The van der Waals surface area contributed by atoms with Crippen LogP contribution in [-0.2, 0) is 16.1 Å². The zero-order chi connectivity index (χ0) is 15.5. The van der Waals surface area contributed by atoms with E-state index in [2.05, 4.69) is 6.92 Å². The first-order chi connectivity index (χ1) is 9.97. The van der Waals surface area contributed by atoms with Gasteiger partial charge in [0.25, 0.3) is 0 Å². The number of rotatable bonds is 7. The molecule has 1 aliphatic rings. The first kappa shape index (κ1) is 15.5. The van der Waals surface area contributed by atoms with E-state index in [1.54, 1.807) is 0 Å². The molecule has 0 radical (unpaired) electrons. The van der Waals surface area contributed by atoms with Gasteiger partial charge in [-0.2, -0.15) is 0 Å². The molecule has 1 fully saturated rings. The lowest BCUT2D eigenvalue weighted by Gasteiger charge is -2.40. The van der Waals surface area contributed by atoms with Gasteiger partial charge < -0.3 is 19.7 Å². The lowest BCUT2D eigenvalue weighted by atomic mass is 9.84. The highest BCUT2D eigenvalue weighted by Gasteiger charge is 2.37. The largest absolute Gasteiger partial charge is 0.478 e. The molecular weight excluding hydrogens is 276 g/mol. The lowest BCUT2D eigenvalue weighted by molar-refractivity contribution is -0.152. The number of benzene rings is 1. The highest BCUT2D eigenvalue weighted by atomic mass is 16.5. The smallest absolute Gasteiger partial charge is 0.336 e. The average Bonchev–Trinajstić information content (AvgIpc) is 2.41. The molecular formula is C15H18O6. The molecule has 6 heteroatoms. The van der Waals surface area contributed by atoms with Gasteiger partial charge in [0.1, 0.15) is 0 Å². The van der Waals surface area contributed by atoms with Crippen LogP contribution in [0.4, 0.5) is 0 Å². The first-order valence-electron chi connectivity index (χ1n) is 6.72. The topological polar surface area (TPSA) is 93.1 Å². The normalized spacial score (nSPS) is 16.2. The van der Waals surface area contributed by atoms with Gasteiger partial charge in [-0.05, 0) is 30.2 Å². The lowest BCUT2D eigenvalue weighted by Crippen LogP contribution is -2.45. The van der Waals surface area contributed by atoms with E-state index in [1.807, 2.05) is 0 Å². The van der Waals surface area contributed by atoms with Crippen molar-refractivity contribution in [2.75, 3.05) is 19.8 Å². The van der Waals surface area contributed by atoms with E-state index in [0.29, 0.717) is 25.4 Å². The molecule has 1 aromatic rings. The fourth-order valence-corrected chi connectivity index (χ4v) is 2.21. The highest BCUT2D eigenvalue weighted by molar-refractivity contribution is 5.93. The third-order valence-electron chi connectivity index (χ3n) is 3.81. The highest BCUT2D eigenvalue weighted by Crippen LogP contribution is 2.31. The van der Waals surface area contributed by atoms with Gasteiger partial charge in [-0.1, -0.05) is 6.92 Å². The molecule has 0 bridgehead atoms. The second-order valence-corrected chi connectivity index (χ2v) is 5.32. The molecule has 0 saturated carbocycles. The van der Waals surface area contributed by atoms with Crippen molar-refractivity contribution >= 4 is 11.9 Å². The minimum Gasteiger partial charge on any atom is -0.478 e. The maximum absolute atomic E-state index is 11.2. The molecule has 1 aromatic carbocycles. The Balaban J connectivity index is 2.08. The average molecular weight is 294 g/mol. The Hall–Kier alpha value is -1.92. The summed E-state index contributed by atoms with van der Waals surface area (Å²) in [7, 11) is 0. The molecule has 0 amide bonds. The summed E-state index contributed by atoms with van der Waals surface area (Å²) in [4.78, 5) is 22.1. The minimum absolute atomic E-state index is 0.00773. The van der Waals surface area contributed by atoms with Crippen LogP contribution in [0.5, 0.6) is 0 Å². The minimum atomic E-state index is -1.09. The maximum atomic E-state index is 11.2. The molecule has 2 rings (SSSR count). The van der Waals surface area contributed by atoms with Gasteiger partial charge in [0, 0.05) is 5.41 Å². The Morgan fingerprint density at radius 1 is 1.29 bits per heavy atom. The Morgan fingerprint density at radius 3 is 2.48 bits per heavy atom. The molecule has 1 saturated heterocycles. The summed E-state index contributed by atoms with van der Waals surface area (Å²) < 4.78 is 10.8. The van der Waals surface area contributed by atoms with E-state index >= 15 is 0 Å². The van der Waals surface area contributed by atoms with E-state index in [-0.39, 0.29) is 23.1 Å². The van der Waals surface area contributed by atoms with Crippen molar-refractivity contribution < 1.29 is 29.3 Å². The number of hydrogen-bond acceptors (Lipinski definition) is 4. The van der Waals surface area contributed by atoms with E-state index in [1.165, 1.54) is 18.2 Å². The van der Waals surface area contributed by atoms with Gasteiger partial charge in [0.05, 0.1) is 37.6 Å². The second-order valence-electron chi connectivity index (χ2n) is 5.32. The quantitative estimate of drug-likeness (QED) is 0.799. The van der Waals surface area contributed by atoms with Crippen LogP contribution in [-0.4, -0.2) is 42.0 Å². The molecule has 21 heavy (non-hydrogen) atoms. The fourth-order valence-electron chi connectivity index (χ4n) is 2.21. The summed E-state index contributed by atoms with van der Waals surface area (Å²) >= 11 is 0. The van der Waals surface area contributed by atoms with Crippen molar-refractivity contribution in [1.82, 2.24) is 0 Å². The summed E-state index contributed by atoms with van der Waals surface area (Å²) in [6.07, 6.45) is 0.925. The van der Waals surface area contributed by atoms with Gasteiger partial charge >= 0.3 is 11.9 Å². The SMILES string of the molecule is CCC1(COCc2cc(C(=O)O)ccc2C(=O)O)COC1. The molecule has 0 atom stereocenters. The molecule has 2 N–H and O–H groups in total. The van der Waals surface area contributed by atoms with Crippen molar-refractivity contribution in [2.45, 2.75) is 20.0 Å². The van der Waals surface area contributed by atoms with Crippen molar-refractivity contribution in [3.8, 4) is 0 Å². The Labute approximate surface area is 122 Å². The number of aromatic carboxylic acids is 2. The Kier molecular flexibility index (Phi) is 4.59. The summed E-state index contributed by atoms with van der Waals surface area (Å²) in [6, 6.07) is 3.93. The number of carboxylic acid groups (broad SMARTS) is 2. The molecule has 0 unspecified atom stereocenters. The van der Waals surface area contributed by atoms with Gasteiger partial charge in [-0.25, -0.2) is 9.59 Å². The van der Waals surface area contributed by atoms with Gasteiger partial charge in [-0.3, -0.25) is 0 Å². The van der Waals surface area contributed by atoms with Gasteiger partial charge in [-0.15, -0.1) is 0 Å². The van der Waals surface area contributed by atoms with Crippen LogP contribution in [0, 0.1) is 5.41 Å². The van der Waals surface area contributed by atoms with Crippen LogP contribution in [0.15, 0.2) is 18.2 Å². The fraction of sp³-hybridized carbons (Fsp3) is 0.467. The summed E-state index contributed by atoms with van der Waals surface area (Å²) in [5.74, 6) is -2.19. The predicted molar refractivity (Wildman–Crippen MR) is 73.6 cm³/mol. The van der Waals surface area contributed by atoms with Crippen LogP contribution in [0.2, 0.25) is 0 Å². The summed E-state index contributed by atoms with van der Waals surface area (Å²) in [5, 5.41) is 18.1. The van der Waals surface area contributed by atoms with E-state index < -0.39 is 11.9 Å². The second kappa shape index (κ2) is 6.24. The number of carboxylic acids is 2. The van der Waals surface area contributed by atoms with Crippen molar-refractivity contribution in [1.29, 1.82) is 0 Å². The van der Waals surface area contributed by atoms with Crippen molar-refractivity contribution in [3.05, 3.63) is 34.9 Å². The van der Waals surface area contributed by atoms with Crippen LogP contribution in [0.1, 0.15) is 39.6 Å². The number of hydrogen-bond donors (Lipinski definition) is 2. The number of carbonyl (C=O) groups is 2. The van der Waals surface area contributed by atoms with E-state index in [0.717, 1.165) is 6.42 Å². The van der Waals surface area contributed by atoms with Crippen LogP contribution in [0.3, 0.4) is 0 Å². The van der Waals surface area contributed by atoms with Crippen LogP contribution < -0.4 is 0 Å². The standard InChI is InChI=1S/C15H18O6/c1-2-15(8-21-9-15)7-20-6-11-5-10(13(16)17)3-4-12(11)14(18)19/h3-5H,2,6-9H2,1H3,(H,16,17)(H,18,19). The molecule has 1 heterocycles. The first-order valence-corrected chi connectivity index (χ1v) is 6.72.